The number of aryl methyl sites for hydroxylation is 2. The highest BCUT2D eigenvalue weighted by molar-refractivity contribution is 6.31. The maximum Gasteiger partial charge on any atom is 0.265 e. The molecule has 0 unspecified atom stereocenters. The number of carbonyl (C=O) groups is 1. The molecule has 3 nitrogen and oxygen atoms in total. The molecule has 0 saturated heterocycles. The molecule has 2 aromatic rings. The fraction of sp³-hybridized carbons (Fsp3) is 0.278. The average molecular weight is 352 g/mol. The largest absolute Gasteiger partial charge is 0.481 e. The highest BCUT2D eigenvalue weighted by atomic mass is 35.5. The zero-order chi connectivity index (χ0) is 17.0. The predicted octanol–water partition coefficient (Wildman–Crippen LogP) is 5.41. The van der Waals surface area contributed by atoms with Crippen molar-refractivity contribution in [2.24, 2.45) is 0 Å². The summed E-state index contributed by atoms with van der Waals surface area (Å²) in [4.78, 5) is 12.4. The van der Waals surface area contributed by atoms with Crippen molar-refractivity contribution in [2.45, 2.75) is 33.3 Å². The number of nitrogens with one attached hydrogen (secondary N) is 1. The smallest absolute Gasteiger partial charge is 0.265 e. The summed E-state index contributed by atoms with van der Waals surface area (Å²) < 4.78 is 5.80. The van der Waals surface area contributed by atoms with E-state index in [-0.39, 0.29) is 5.91 Å². The summed E-state index contributed by atoms with van der Waals surface area (Å²) >= 11 is 11.9. The minimum atomic E-state index is -0.578. The van der Waals surface area contributed by atoms with Crippen LogP contribution in [0.1, 0.15) is 24.5 Å². The monoisotopic (exact) mass is 351 g/mol. The molecule has 0 heterocycles. The number of ether oxygens (including phenoxy) is 1. The van der Waals surface area contributed by atoms with Crippen molar-refractivity contribution in [2.75, 3.05) is 5.32 Å². The van der Waals surface area contributed by atoms with Gasteiger partial charge in [-0.2, -0.15) is 0 Å². The summed E-state index contributed by atoms with van der Waals surface area (Å²) in [6, 6.07) is 10.7. The lowest BCUT2D eigenvalue weighted by atomic mass is 10.2. The van der Waals surface area contributed by atoms with Gasteiger partial charge in [-0.3, -0.25) is 4.79 Å². The zero-order valence-corrected chi connectivity index (χ0v) is 14.8. The Labute approximate surface area is 146 Å². The van der Waals surface area contributed by atoms with Gasteiger partial charge in [0.05, 0.1) is 0 Å². The van der Waals surface area contributed by atoms with Crippen LogP contribution in [0, 0.1) is 13.8 Å². The van der Waals surface area contributed by atoms with E-state index in [1.54, 1.807) is 24.3 Å². The van der Waals surface area contributed by atoms with Crippen molar-refractivity contribution >= 4 is 34.8 Å². The first-order valence-electron chi connectivity index (χ1n) is 7.40. The molecule has 122 valence electrons. The molecule has 1 atom stereocenters. The van der Waals surface area contributed by atoms with E-state index in [1.165, 1.54) is 0 Å². The van der Waals surface area contributed by atoms with E-state index >= 15 is 0 Å². The van der Waals surface area contributed by atoms with Gasteiger partial charge in [0.1, 0.15) is 5.75 Å². The van der Waals surface area contributed by atoms with Crippen molar-refractivity contribution in [3.8, 4) is 5.75 Å². The maximum atomic E-state index is 12.4. The Morgan fingerprint density at radius 3 is 2.48 bits per heavy atom. The summed E-state index contributed by atoms with van der Waals surface area (Å²) in [6.07, 6.45) is -0.0224. The van der Waals surface area contributed by atoms with Crippen LogP contribution in [0.3, 0.4) is 0 Å². The number of halogens is 2. The summed E-state index contributed by atoms with van der Waals surface area (Å²) in [7, 11) is 0. The van der Waals surface area contributed by atoms with Gasteiger partial charge in [0.2, 0.25) is 0 Å². The molecule has 0 fully saturated rings. The van der Waals surface area contributed by atoms with Crippen LogP contribution < -0.4 is 10.1 Å². The van der Waals surface area contributed by atoms with E-state index < -0.39 is 6.10 Å². The molecular formula is C18H19Cl2NO2. The minimum Gasteiger partial charge on any atom is -0.481 e. The number of anilines is 1. The van der Waals surface area contributed by atoms with Crippen LogP contribution >= 0.6 is 23.2 Å². The SMILES string of the molecule is CC[C@H](Oc1ccc(Cl)c(C)c1)C(=O)Nc1ccc(Cl)cc1C. The Hall–Kier alpha value is -1.71. The second-order valence-corrected chi connectivity index (χ2v) is 6.22. The predicted molar refractivity (Wildman–Crippen MR) is 95.7 cm³/mol. The molecule has 0 bridgehead atoms. The third-order valence-electron chi connectivity index (χ3n) is 3.52. The molecule has 2 rings (SSSR count). The third kappa shape index (κ3) is 4.63. The van der Waals surface area contributed by atoms with Gasteiger partial charge in [0.25, 0.3) is 5.91 Å². The Morgan fingerprint density at radius 1 is 1.13 bits per heavy atom. The number of benzene rings is 2. The highest BCUT2D eigenvalue weighted by Gasteiger charge is 2.19. The molecule has 1 N–H and O–H groups in total. The maximum absolute atomic E-state index is 12.4. The standard InChI is InChI=1S/C18H19Cl2NO2/c1-4-17(23-14-6-7-15(20)11(2)10-14)18(22)21-16-8-5-13(19)9-12(16)3/h5-10,17H,4H2,1-3H3,(H,21,22)/t17-/m0/s1. The van der Waals surface area contributed by atoms with Gasteiger partial charge in [-0.25, -0.2) is 0 Å². The number of hydrogen-bond donors (Lipinski definition) is 1. The molecule has 0 aliphatic carbocycles. The van der Waals surface area contributed by atoms with E-state index in [2.05, 4.69) is 5.32 Å². The fourth-order valence-electron chi connectivity index (χ4n) is 2.16. The Balaban J connectivity index is 2.10. The van der Waals surface area contributed by atoms with Crippen LogP contribution in [0.2, 0.25) is 10.0 Å². The second kappa shape index (κ2) is 7.71. The average Bonchev–Trinajstić information content (AvgIpc) is 2.51. The van der Waals surface area contributed by atoms with E-state index in [9.17, 15) is 4.79 Å². The minimum absolute atomic E-state index is 0.189. The van der Waals surface area contributed by atoms with Gasteiger partial charge in [-0.15, -0.1) is 0 Å². The molecule has 2 aromatic carbocycles. The van der Waals surface area contributed by atoms with Gasteiger partial charge in [-0.1, -0.05) is 30.1 Å². The number of rotatable bonds is 5. The van der Waals surface area contributed by atoms with Crippen molar-refractivity contribution in [3.05, 3.63) is 57.6 Å². The van der Waals surface area contributed by atoms with E-state index in [0.717, 1.165) is 16.8 Å². The molecule has 0 aromatic heterocycles. The Bertz CT molecular complexity index is 716. The van der Waals surface area contributed by atoms with Gasteiger partial charge >= 0.3 is 0 Å². The summed E-state index contributed by atoms with van der Waals surface area (Å²) in [5.41, 5.74) is 2.55. The highest BCUT2D eigenvalue weighted by Crippen LogP contribution is 2.24. The van der Waals surface area contributed by atoms with Crippen molar-refractivity contribution in [1.82, 2.24) is 0 Å². The lowest BCUT2D eigenvalue weighted by Gasteiger charge is -2.18. The molecule has 0 radical (unpaired) electrons. The summed E-state index contributed by atoms with van der Waals surface area (Å²) in [6.45, 7) is 5.70. The van der Waals surface area contributed by atoms with Gasteiger partial charge in [-0.05, 0) is 67.8 Å². The third-order valence-corrected chi connectivity index (χ3v) is 4.18. The van der Waals surface area contributed by atoms with Crippen LogP contribution in [0.15, 0.2) is 36.4 Å². The lowest BCUT2D eigenvalue weighted by Crippen LogP contribution is -2.32. The first-order chi connectivity index (χ1) is 10.9. The van der Waals surface area contributed by atoms with Gasteiger partial charge in [0, 0.05) is 15.7 Å². The van der Waals surface area contributed by atoms with Crippen LogP contribution in [0.5, 0.6) is 5.75 Å². The molecule has 0 aliphatic rings. The number of carbonyl (C=O) groups excluding carboxylic acids is 1. The van der Waals surface area contributed by atoms with Crippen molar-refractivity contribution in [3.63, 3.8) is 0 Å². The molecule has 23 heavy (non-hydrogen) atoms. The molecule has 5 heteroatoms. The fourth-order valence-corrected chi connectivity index (χ4v) is 2.50. The number of amides is 1. The second-order valence-electron chi connectivity index (χ2n) is 5.37. The quantitative estimate of drug-likeness (QED) is 0.782. The first-order valence-corrected chi connectivity index (χ1v) is 8.16. The first kappa shape index (κ1) is 17.6. The zero-order valence-electron chi connectivity index (χ0n) is 13.3. The van der Waals surface area contributed by atoms with Crippen LogP contribution in [-0.4, -0.2) is 12.0 Å². The van der Waals surface area contributed by atoms with Crippen LogP contribution in [0.4, 0.5) is 5.69 Å². The lowest BCUT2D eigenvalue weighted by molar-refractivity contribution is -0.122. The van der Waals surface area contributed by atoms with Crippen molar-refractivity contribution < 1.29 is 9.53 Å². The van der Waals surface area contributed by atoms with E-state index in [1.807, 2.05) is 32.9 Å². The number of hydrogen-bond acceptors (Lipinski definition) is 2. The Kier molecular flexibility index (Phi) is 5.91. The van der Waals surface area contributed by atoms with Gasteiger partial charge in [0.15, 0.2) is 6.10 Å². The van der Waals surface area contributed by atoms with E-state index in [4.69, 9.17) is 27.9 Å². The van der Waals surface area contributed by atoms with Crippen molar-refractivity contribution in [1.29, 1.82) is 0 Å². The van der Waals surface area contributed by atoms with Crippen LogP contribution in [-0.2, 0) is 4.79 Å². The Morgan fingerprint density at radius 2 is 1.87 bits per heavy atom. The molecule has 0 saturated carbocycles. The van der Waals surface area contributed by atoms with Gasteiger partial charge < -0.3 is 10.1 Å². The topological polar surface area (TPSA) is 38.3 Å². The van der Waals surface area contributed by atoms with Crippen LogP contribution in [0.25, 0.3) is 0 Å². The molecule has 0 aliphatic heterocycles. The summed E-state index contributed by atoms with van der Waals surface area (Å²) in [5.74, 6) is 0.437. The normalized spacial score (nSPS) is 11.9. The van der Waals surface area contributed by atoms with E-state index in [0.29, 0.717) is 22.2 Å². The molecular weight excluding hydrogens is 333 g/mol. The molecule has 1 amide bonds. The molecule has 0 spiro atoms. The summed E-state index contributed by atoms with van der Waals surface area (Å²) in [5, 5.41) is 4.20.